The third kappa shape index (κ3) is 6.63. The monoisotopic (exact) mass is 606 g/mol. The number of hydrazine groups is 1. The number of azide groups is 1. The second-order valence-corrected chi connectivity index (χ2v) is 10.4. The Labute approximate surface area is 241 Å². The van der Waals surface area contributed by atoms with Crippen molar-refractivity contribution in [1.29, 1.82) is 0 Å². The predicted octanol–water partition coefficient (Wildman–Crippen LogP) is 5.68. The number of nitrogens with zero attached hydrogens (tertiary/aromatic N) is 4. The molecule has 3 N–H and O–H groups in total. The molecule has 4 rings (SSSR count). The Hall–Kier alpha value is -3.89. The number of aliphatic hydroxyl groups is 1. The van der Waals surface area contributed by atoms with Crippen molar-refractivity contribution in [2.45, 2.75) is 44.4 Å². The Morgan fingerprint density at radius 2 is 1.90 bits per heavy atom. The van der Waals surface area contributed by atoms with Crippen LogP contribution in [-0.4, -0.2) is 41.7 Å². The molecule has 0 saturated carbocycles. The SMILES string of the molecule is CC(C)NNC(=O)[C@@]1(Cc2ccccc2Br)N=C(c2ccc(OCCCO)cc2)O[C@H]1c1ccccc1N=[N+]=[N-]. The zero-order valence-electron chi connectivity index (χ0n) is 22.3. The molecule has 0 bridgehead atoms. The van der Waals surface area contributed by atoms with Crippen LogP contribution in [0.4, 0.5) is 5.69 Å². The van der Waals surface area contributed by atoms with Crippen molar-refractivity contribution in [3.8, 4) is 5.75 Å². The number of carbonyl (C=O) groups is 1. The summed E-state index contributed by atoms with van der Waals surface area (Å²) in [7, 11) is 0. The Kier molecular flexibility index (Phi) is 9.79. The first kappa shape index (κ1) is 29.1. The smallest absolute Gasteiger partial charge is 0.266 e. The summed E-state index contributed by atoms with van der Waals surface area (Å²) >= 11 is 3.62. The van der Waals surface area contributed by atoms with Gasteiger partial charge in [0.1, 0.15) is 5.75 Å². The van der Waals surface area contributed by atoms with Gasteiger partial charge in [-0.25, -0.2) is 10.4 Å². The number of benzene rings is 3. The minimum Gasteiger partial charge on any atom is -0.494 e. The normalized spacial score (nSPS) is 18.0. The van der Waals surface area contributed by atoms with Crippen LogP contribution < -0.4 is 15.6 Å². The summed E-state index contributed by atoms with van der Waals surface area (Å²) in [5, 5.41) is 12.9. The maximum Gasteiger partial charge on any atom is 0.266 e. The third-order valence-corrected chi connectivity index (χ3v) is 7.07. The van der Waals surface area contributed by atoms with Gasteiger partial charge in [-0.3, -0.25) is 10.2 Å². The third-order valence-electron chi connectivity index (χ3n) is 6.29. The van der Waals surface area contributed by atoms with Gasteiger partial charge in [0.15, 0.2) is 11.6 Å². The zero-order valence-corrected chi connectivity index (χ0v) is 23.8. The quantitative estimate of drug-likeness (QED) is 0.0799. The van der Waals surface area contributed by atoms with Gasteiger partial charge in [0, 0.05) is 51.7 Å². The molecular formula is C29H31BrN6O4. The van der Waals surface area contributed by atoms with Crippen LogP contribution in [0.15, 0.2) is 87.4 Å². The van der Waals surface area contributed by atoms with E-state index in [1.54, 1.807) is 36.4 Å². The molecule has 0 unspecified atom stereocenters. The molecular weight excluding hydrogens is 576 g/mol. The summed E-state index contributed by atoms with van der Waals surface area (Å²) < 4.78 is 13.0. The van der Waals surface area contributed by atoms with Crippen LogP contribution in [0.25, 0.3) is 10.4 Å². The molecule has 0 aromatic heterocycles. The fraction of sp³-hybridized carbons (Fsp3) is 0.310. The Bertz CT molecular complexity index is 1410. The molecule has 2 atom stereocenters. The summed E-state index contributed by atoms with van der Waals surface area (Å²) in [4.78, 5) is 22.1. The van der Waals surface area contributed by atoms with Gasteiger partial charge in [0.05, 0.1) is 6.61 Å². The number of aliphatic imine (C=N–C) groups is 1. The molecule has 0 aliphatic carbocycles. The molecule has 10 nitrogen and oxygen atoms in total. The highest BCUT2D eigenvalue weighted by atomic mass is 79.9. The standard InChI is InChI=1S/C29H31BrN6O4/c1-19(2)33-35-28(38)29(18-21-8-3-5-10-24(21)30)26(23-9-4-6-11-25(23)34-36-31)40-27(32-29)20-12-14-22(15-13-20)39-17-7-16-37/h3-6,8-15,19,26,33,37H,7,16-18H2,1-2H3,(H,35,38)/t26-,29-/m0/s1. The van der Waals surface area contributed by atoms with Gasteiger partial charge in [-0.05, 0) is 55.3 Å². The lowest BCUT2D eigenvalue weighted by Gasteiger charge is -2.32. The van der Waals surface area contributed by atoms with Gasteiger partial charge in [-0.1, -0.05) is 63.5 Å². The number of amides is 1. The van der Waals surface area contributed by atoms with Gasteiger partial charge < -0.3 is 14.6 Å². The second kappa shape index (κ2) is 13.5. The van der Waals surface area contributed by atoms with Crippen molar-refractivity contribution in [3.63, 3.8) is 0 Å². The summed E-state index contributed by atoms with van der Waals surface area (Å²) in [6.45, 7) is 4.27. The van der Waals surface area contributed by atoms with E-state index in [1.165, 1.54) is 0 Å². The van der Waals surface area contributed by atoms with Crippen LogP contribution in [0.5, 0.6) is 5.75 Å². The first-order valence-electron chi connectivity index (χ1n) is 12.9. The maximum absolute atomic E-state index is 14.1. The number of hydrogen-bond donors (Lipinski definition) is 3. The van der Waals surface area contributed by atoms with E-state index in [2.05, 4.69) is 36.8 Å². The average Bonchev–Trinajstić information content (AvgIpc) is 3.34. The molecule has 1 aliphatic heterocycles. The molecule has 3 aromatic rings. The minimum atomic E-state index is -1.46. The van der Waals surface area contributed by atoms with Crippen LogP contribution in [0.3, 0.4) is 0 Å². The average molecular weight is 608 g/mol. The minimum absolute atomic E-state index is 0.0254. The van der Waals surface area contributed by atoms with Crippen LogP contribution in [0, 0.1) is 0 Å². The molecule has 11 heteroatoms. The van der Waals surface area contributed by atoms with Crippen LogP contribution in [-0.2, 0) is 16.0 Å². The summed E-state index contributed by atoms with van der Waals surface area (Å²) in [5.41, 5.74) is 16.0. The fourth-order valence-electron chi connectivity index (χ4n) is 4.36. The van der Waals surface area contributed by atoms with Crippen molar-refractivity contribution < 1.29 is 19.4 Å². The number of hydrogen-bond acceptors (Lipinski definition) is 7. The number of halogens is 1. The first-order valence-corrected chi connectivity index (χ1v) is 13.7. The van der Waals surface area contributed by atoms with Gasteiger partial charge in [0.25, 0.3) is 5.91 Å². The lowest BCUT2D eigenvalue weighted by Crippen LogP contribution is -2.55. The highest BCUT2D eigenvalue weighted by Gasteiger charge is 2.54. The number of ether oxygens (including phenoxy) is 2. The van der Waals surface area contributed by atoms with Gasteiger partial charge in [-0.2, -0.15) is 0 Å². The fourth-order valence-corrected chi connectivity index (χ4v) is 4.78. The number of rotatable bonds is 12. The maximum atomic E-state index is 14.1. The van der Waals surface area contributed by atoms with Crippen molar-refractivity contribution in [1.82, 2.24) is 10.9 Å². The van der Waals surface area contributed by atoms with Crippen LogP contribution in [0.1, 0.15) is 43.1 Å². The number of carbonyl (C=O) groups excluding carboxylic acids is 1. The summed E-state index contributed by atoms with van der Waals surface area (Å²) in [6, 6.07) is 21.8. The van der Waals surface area contributed by atoms with E-state index in [9.17, 15) is 10.3 Å². The van der Waals surface area contributed by atoms with Crippen molar-refractivity contribution in [2.75, 3.05) is 13.2 Å². The Morgan fingerprint density at radius 1 is 1.18 bits per heavy atom. The van der Waals surface area contributed by atoms with Crippen molar-refractivity contribution >= 4 is 33.4 Å². The lowest BCUT2D eigenvalue weighted by molar-refractivity contribution is -0.130. The number of nitrogens with one attached hydrogen (secondary N) is 2. The number of aliphatic hydroxyl groups excluding tert-OH is 1. The zero-order chi connectivity index (χ0) is 28.5. The molecule has 208 valence electrons. The summed E-state index contributed by atoms with van der Waals surface area (Å²) in [5.74, 6) is 0.519. The molecule has 1 aliphatic rings. The summed E-state index contributed by atoms with van der Waals surface area (Å²) in [6.07, 6.45) is -0.187. The van der Waals surface area contributed by atoms with E-state index in [1.807, 2.05) is 50.2 Å². The van der Waals surface area contributed by atoms with E-state index in [4.69, 9.17) is 19.6 Å². The molecule has 0 saturated heterocycles. The van der Waals surface area contributed by atoms with Gasteiger partial charge in [0.2, 0.25) is 5.90 Å². The molecule has 1 heterocycles. The molecule has 40 heavy (non-hydrogen) atoms. The molecule has 3 aromatic carbocycles. The topological polar surface area (TPSA) is 141 Å². The Balaban J connectivity index is 1.84. The van der Waals surface area contributed by atoms with Gasteiger partial charge in [-0.15, -0.1) is 0 Å². The second-order valence-electron chi connectivity index (χ2n) is 9.56. The molecule has 0 spiro atoms. The lowest BCUT2D eigenvalue weighted by atomic mass is 9.81. The predicted molar refractivity (Wildman–Crippen MR) is 156 cm³/mol. The van der Waals surface area contributed by atoms with Crippen molar-refractivity contribution in [3.05, 3.63) is 104 Å². The van der Waals surface area contributed by atoms with Crippen LogP contribution >= 0.6 is 15.9 Å². The van der Waals surface area contributed by atoms with E-state index in [0.29, 0.717) is 35.6 Å². The molecule has 0 fully saturated rings. The van der Waals surface area contributed by atoms with E-state index >= 15 is 0 Å². The van der Waals surface area contributed by atoms with Crippen LogP contribution in [0.2, 0.25) is 0 Å². The molecule has 0 radical (unpaired) electrons. The van der Waals surface area contributed by atoms with E-state index in [-0.39, 0.29) is 25.0 Å². The largest absolute Gasteiger partial charge is 0.494 e. The van der Waals surface area contributed by atoms with Crippen molar-refractivity contribution in [2.24, 2.45) is 10.1 Å². The van der Waals surface area contributed by atoms with E-state index in [0.717, 1.165) is 10.0 Å². The first-order chi connectivity index (χ1) is 19.4. The van der Waals surface area contributed by atoms with Gasteiger partial charge >= 0.3 is 0 Å². The highest BCUT2D eigenvalue weighted by Crippen LogP contribution is 2.46. The van der Waals surface area contributed by atoms with E-state index < -0.39 is 17.6 Å². The highest BCUT2D eigenvalue weighted by molar-refractivity contribution is 9.10. The Morgan fingerprint density at radius 3 is 2.60 bits per heavy atom. The molecule has 1 amide bonds.